The molecule has 1 aliphatic heterocycles. The molecular weight excluding hydrogens is 266 g/mol. The Kier molecular flexibility index (Phi) is 7.46. The summed E-state index contributed by atoms with van der Waals surface area (Å²) in [4.78, 5) is 11.9. The highest BCUT2D eigenvalue weighted by molar-refractivity contribution is 5.68. The van der Waals surface area contributed by atoms with Gasteiger partial charge in [-0.2, -0.15) is 0 Å². The Morgan fingerprint density at radius 1 is 1.29 bits per heavy atom. The lowest BCUT2D eigenvalue weighted by Gasteiger charge is -2.27. The van der Waals surface area contributed by atoms with Gasteiger partial charge in [0.15, 0.2) is 0 Å². The van der Waals surface area contributed by atoms with Crippen LogP contribution in [-0.4, -0.2) is 43.4 Å². The molecule has 21 heavy (non-hydrogen) atoms. The molecule has 0 aromatic heterocycles. The van der Waals surface area contributed by atoms with Gasteiger partial charge >= 0.3 is 6.09 Å². The van der Waals surface area contributed by atoms with Crippen molar-refractivity contribution in [2.45, 2.75) is 71.6 Å². The number of ether oxygens (including phenoxy) is 1. The van der Waals surface area contributed by atoms with E-state index in [2.05, 4.69) is 29.8 Å². The third kappa shape index (κ3) is 8.27. The normalized spacial score (nSPS) is 21.7. The summed E-state index contributed by atoms with van der Waals surface area (Å²) in [7, 11) is 0. The minimum atomic E-state index is -0.452. The van der Waals surface area contributed by atoms with E-state index < -0.39 is 5.60 Å². The summed E-state index contributed by atoms with van der Waals surface area (Å²) in [5.41, 5.74) is -0.452. The van der Waals surface area contributed by atoms with E-state index >= 15 is 0 Å². The first-order chi connectivity index (χ1) is 9.78. The number of hydrogen-bond acceptors (Lipinski definition) is 4. The second kappa shape index (κ2) is 8.59. The van der Waals surface area contributed by atoms with Crippen LogP contribution in [0.1, 0.15) is 53.9 Å². The van der Waals surface area contributed by atoms with Crippen LogP contribution in [0, 0.1) is 5.92 Å². The maximum Gasteiger partial charge on any atom is 0.407 e. The molecule has 0 radical (unpaired) electrons. The first kappa shape index (κ1) is 18.2. The highest BCUT2D eigenvalue weighted by Gasteiger charge is 2.22. The molecule has 1 aliphatic rings. The van der Waals surface area contributed by atoms with Crippen molar-refractivity contribution in [1.82, 2.24) is 16.0 Å². The molecule has 1 heterocycles. The summed E-state index contributed by atoms with van der Waals surface area (Å²) in [6.07, 6.45) is 3.23. The van der Waals surface area contributed by atoms with Crippen molar-refractivity contribution in [3.8, 4) is 0 Å². The summed E-state index contributed by atoms with van der Waals surface area (Å²) in [6.45, 7) is 12.9. The van der Waals surface area contributed by atoms with E-state index in [1.807, 2.05) is 20.8 Å². The molecule has 124 valence electrons. The Bertz CT molecular complexity index is 305. The summed E-state index contributed by atoms with van der Waals surface area (Å²) < 4.78 is 5.34. The fourth-order valence-electron chi connectivity index (χ4n) is 2.43. The van der Waals surface area contributed by atoms with E-state index in [0.29, 0.717) is 12.0 Å². The van der Waals surface area contributed by atoms with E-state index in [1.165, 1.54) is 12.8 Å². The van der Waals surface area contributed by atoms with Gasteiger partial charge in [0.1, 0.15) is 5.60 Å². The van der Waals surface area contributed by atoms with Crippen molar-refractivity contribution < 1.29 is 9.53 Å². The molecule has 5 heteroatoms. The number of rotatable bonds is 5. The molecule has 2 unspecified atom stereocenters. The molecule has 0 aromatic rings. The average molecular weight is 299 g/mol. The predicted octanol–water partition coefficient (Wildman–Crippen LogP) is 2.27. The maximum atomic E-state index is 11.9. The van der Waals surface area contributed by atoms with Gasteiger partial charge in [-0.05, 0) is 59.0 Å². The number of hydrogen-bond donors (Lipinski definition) is 3. The summed E-state index contributed by atoms with van der Waals surface area (Å²) in [6, 6.07) is 0.637. The van der Waals surface area contributed by atoms with Crippen LogP contribution in [0.15, 0.2) is 0 Å². The van der Waals surface area contributed by atoms with Crippen LogP contribution in [0.3, 0.4) is 0 Å². The molecule has 3 N–H and O–H groups in total. The number of carbonyl (C=O) groups is 1. The first-order valence-electron chi connectivity index (χ1n) is 8.21. The summed E-state index contributed by atoms with van der Waals surface area (Å²) >= 11 is 0. The lowest BCUT2D eigenvalue weighted by Crippen LogP contribution is -2.49. The number of nitrogens with one attached hydrogen (secondary N) is 3. The topological polar surface area (TPSA) is 62.4 Å². The van der Waals surface area contributed by atoms with Gasteiger partial charge in [-0.25, -0.2) is 4.79 Å². The third-order valence-corrected chi connectivity index (χ3v) is 3.71. The van der Waals surface area contributed by atoms with Crippen LogP contribution in [0.4, 0.5) is 4.79 Å². The second-order valence-electron chi connectivity index (χ2n) is 7.28. The zero-order valence-electron chi connectivity index (χ0n) is 14.3. The van der Waals surface area contributed by atoms with Gasteiger partial charge in [-0.3, -0.25) is 0 Å². The maximum absolute atomic E-state index is 11.9. The van der Waals surface area contributed by atoms with Crippen molar-refractivity contribution >= 4 is 6.09 Å². The molecule has 5 nitrogen and oxygen atoms in total. The SMILES string of the molecule is CC(C)C(CNC1CCCNCC1)NC(=O)OC(C)(C)C. The van der Waals surface area contributed by atoms with Gasteiger partial charge in [0.25, 0.3) is 0 Å². The van der Waals surface area contributed by atoms with E-state index in [9.17, 15) is 4.79 Å². The van der Waals surface area contributed by atoms with Gasteiger partial charge in [-0.1, -0.05) is 13.8 Å². The van der Waals surface area contributed by atoms with Crippen molar-refractivity contribution in [2.24, 2.45) is 5.92 Å². The minimum Gasteiger partial charge on any atom is -0.444 e. The Labute approximate surface area is 129 Å². The molecule has 0 spiro atoms. The molecule has 1 saturated heterocycles. The van der Waals surface area contributed by atoms with Crippen molar-refractivity contribution in [3.63, 3.8) is 0 Å². The molecule has 0 saturated carbocycles. The van der Waals surface area contributed by atoms with E-state index in [1.54, 1.807) is 0 Å². The summed E-state index contributed by atoms with van der Waals surface area (Å²) in [5, 5.41) is 10.0. The molecular formula is C16H33N3O2. The van der Waals surface area contributed by atoms with Crippen LogP contribution in [0.25, 0.3) is 0 Å². The molecule has 0 aliphatic carbocycles. The molecule has 0 bridgehead atoms. The Balaban J connectivity index is 2.40. The lowest BCUT2D eigenvalue weighted by molar-refractivity contribution is 0.0489. The van der Waals surface area contributed by atoms with Crippen molar-refractivity contribution in [3.05, 3.63) is 0 Å². The van der Waals surface area contributed by atoms with E-state index in [-0.39, 0.29) is 12.1 Å². The highest BCUT2D eigenvalue weighted by atomic mass is 16.6. The van der Waals surface area contributed by atoms with Gasteiger partial charge < -0.3 is 20.7 Å². The molecule has 0 aromatic carbocycles. The first-order valence-corrected chi connectivity index (χ1v) is 8.21. The molecule has 1 amide bonds. The zero-order chi connectivity index (χ0) is 15.9. The standard InChI is InChI=1S/C16H33N3O2/c1-12(2)14(19-15(20)21-16(3,4)5)11-18-13-7-6-9-17-10-8-13/h12-14,17-18H,6-11H2,1-5H3,(H,19,20). The minimum absolute atomic E-state index is 0.0936. The van der Waals surface area contributed by atoms with Crippen molar-refractivity contribution in [2.75, 3.05) is 19.6 Å². The van der Waals surface area contributed by atoms with Crippen LogP contribution < -0.4 is 16.0 Å². The monoisotopic (exact) mass is 299 g/mol. The number of carbonyl (C=O) groups excluding carboxylic acids is 1. The Morgan fingerprint density at radius 2 is 2.00 bits per heavy atom. The highest BCUT2D eigenvalue weighted by Crippen LogP contribution is 2.10. The van der Waals surface area contributed by atoms with Crippen molar-refractivity contribution in [1.29, 1.82) is 0 Å². The molecule has 1 fully saturated rings. The van der Waals surface area contributed by atoms with Crippen LogP contribution >= 0.6 is 0 Å². The third-order valence-electron chi connectivity index (χ3n) is 3.71. The lowest BCUT2D eigenvalue weighted by atomic mass is 10.0. The quantitative estimate of drug-likeness (QED) is 0.729. The number of alkyl carbamates (subject to hydrolysis) is 1. The largest absolute Gasteiger partial charge is 0.444 e. The molecule has 1 rings (SSSR count). The van der Waals surface area contributed by atoms with E-state index in [4.69, 9.17) is 4.74 Å². The van der Waals surface area contributed by atoms with Crippen LogP contribution in [0.2, 0.25) is 0 Å². The van der Waals surface area contributed by atoms with Gasteiger partial charge in [0.05, 0.1) is 0 Å². The van der Waals surface area contributed by atoms with Gasteiger partial charge in [-0.15, -0.1) is 0 Å². The summed E-state index contributed by atoms with van der Waals surface area (Å²) in [5.74, 6) is 0.369. The second-order valence-corrected chi connectivity index (χ2v) is 7.28. The number of amides is 1. The smallest absolute Gasteiger partial charge is 0.407 e. The zero-order valence-corrected chi connectivity index (χ0v) is 14.3. The van der Waals surface area contributed by atoms with Crippen LogP contribution in [-0.2, 0) is 4.74 Å². The fraction of sp³-hybridized carbons (Fsp3) is 0.938. The molecule has 2 atom stereocenters. The van der Waals surface area contributed by atoms with Crippen LogP contribution in [0.5, 0.6) is 0 Å². The van der Waals surface area contributed by atoms with Gasteiger partial charge in [0, 0.05) is 18.6 Å². The Morgan fingerprint density at radius 3 is 2.62 bits per heavy atom. The average Bonchev–Trinajstić information content (AvgIpc) is 2.60. The fourth-order valence-corrected chi connectivity index (χ4v) is 2.43. The van der Waals surface area contributed by atoms with E-state index in [0.717, 1.165) is 26.1 Å². The Hall–Kier alpha value is -0.810. The van der Waals surface area contributed by atoms with Gasteiger partial charge in [0.2, 0.25) is 0 Å². The predicted molar refractivity (Wildman–Crippen MR) is 86.5 cm³/mol.